The summed E-state index contributed by atoms with van der Waals surface area (Å²) in [5.74, 6) is -1.20. The molecule has 0 aliphatic carbocycles. The van der Waals surface area contributed by atoms with Crippen LogP contribution >= 0.6 is 0 Å². The Hall–Kier alpha value is -3.65. The van der Waals surface area contributed by atoms with Crippen LogP contribution in [0.25, 0.3) is 0 Å². The van der Waals surface area contributed by atoms with Gasteiger partial charge in [-0.1, -0.05) is 30.3 Å². The smallest absolute Gasteiger partial charge is 0.338 e. The predicted molar refractivity (Wildman–Crippen MR) is 114 cm³/mol. The lowest BCUT2D eigenvalue weighted by Crippen LogP contribution is -2.21. The summed E-state index contributed by atoms with van der Waals surface area (Å²) >= 11 is 0. The lowest BCUT2D eigenvalue weighted by atomic mass is 10.2. The van der Waals surface area contributed by atoms with Crippen LogP contribution in [0.3, 0.4) is 0 Å². The van der Waals surface area contributed by atoms with Crippen LogP contribution < -0.4 is 10.0 Å². The van der Waals surface area contributed by atoms with Crippen molar-refractivity contribution in [2.45, 2.75) is 11.8 Å². The second-order valence-corrected chi connectivity index (χ2v) is 8.17. The summed E-state index contributed by atoms with van der Waals surface area (Å²) in [6, 6.07) is 21.0. The van der Waals surface area contributed by atoms with E-state index in [-0.39, 0.29) is 10.5 Å². The van der Waals surface area contributed by atoms with Crippen molar-refractivity contribution in [2.75, 3.05) is 16.6 Å². The molecule has 3 aromatic rings. The normalized spacial score (nSPS) is 10.8. The standard InChI is InChI=1S/C22H20N2O5S/c1-16-6-5-9-19(14-16)23-21(25)15-29-22(26)17-10-12-20(13-11-17)30(27,28)24-18-7-3-2-4-8-18/h2-14,24H,15H2,1H3,(H,23,25). The van der Waals surface area contributed by atoms with E-state index in [1.54, 1.807) is 48.5 Å². The Balaban J connectivity index is 1.57. The molecule has 0 atom stereocenters. The van der Waals surface area contributed by atoms with Gasteiger partial charge in [-0.25, -0.2) is 13.2 Å². The van der Waals surface area contributed by atoms with Crippen molar-refractivity contribution >= 4 is 33.3 Å². The number of ether oxygens (including phenoxy) is 1. The molecule has 30 heavy (non-hydrogen) atoms. The molecule has 0 fully saturated rings. The van der Waals surface area contributed by atoms with E-state index in [4.69, 9.17) is 4.74 Å². The highest BCUT2D eigenvalue weighted by Gasteiger charge is 2.16. The maximum atomic E-state index is 12.4. The highest BCUT2D eigenvalue weighted by atomic mass is 32.2. The Morgan fingerprint density at radius 3 is 2.20 bits per heavy atom. The molecule has 3 aromatic carbocycles. The third-order valence-corrected chi connectivity index (χ3v) is 5.46. The van der Waals surface area contributed by atoms with E-state index in [1.807, 2.05) is 13.0 Å². The Bertz CT molecular complexity index is 1140. The van der Waals surface area contributed by atoms with Crippen molar-refractivity contribution in [3.05, 3.63) is 90.0 Å². The SMILES string of the molecule is Cc1cccc(NC(=O)COC(=O)c2ccc(S(=O)(=O)Nc3ccccc3)cc2)c1. The summed E-state index contributed by atoms with van der Waals surface area (Å²) in [5.41, 5.74) is 2.16. The summed E-state index contributed by atoms with van der Waals surface area (Å²) in [7, 11) is -3.79. The average molecular weight is 424 g/mol. The number of sulfonamides is 1. The van der Waals surface area contributed by atoms with E-state index < -0.39 is 28.5 Å². The first-order valence-electron chi connectivity index (χ1n) is 9.05. The number of nitrogens with one attached hydrogen (secondary N) is 2. The number of hydrogen-bond acceptors (Lipinski definition) is 5. The minimum absolute atomic E-state index is 0.0000866. The van der Waals surface area contributed by atoms with Gasteiger partial charge in [0.05, 0.1) is 10.5 Å². The zero-order chi connectivity index (χ0) is 21.6. The van der Waals surface area contributed by atoms with Gasteiger partial charge in [0.2, 0.25) is 0 Å². The number of carbonyl (C=O) groups is 2. The lowest BCUT2D eigenvalue weighted by molar-refractivity contribution is -0.119. The Morgan fingerprint density at radius 1 is 0.867 bits per heavy atom. The Labute approximate surface area is 174 Å². The zero-order valence-electron chi connectivity index (χ0n) is 16.2. The monoisotopic (exact) mass is 424 g/mol. The molecule has 0 spiro atoms. The largest absolute Gasteiger partial charge is 0.452 e. The van der Waals surface area contributed by atoms with Crippen LogP contribution in [-0.4, -0.2) is 26.9 Å². The van der Waals surface area contributed by atoms with Crippen LogP contribution in [0.4, 0.5) is 11.4 Å². The van der Waals surface area contributed by atoms with Crippen LogP contribution in [0, 0.1) is 6.92 Å². The fraction of sp³-hybridized carbons (Fsp3) is 0.0909. The van der Waals surface area contributed by atoms with Gasteiger partial charge in [-0.15, -0.1) is 0 Å². The number of aryl methyl sites for hydroxylation is 1. The van der Waals surface area contributed by atoms with Gasteiger partial charge in [-0.3, -0.25) is 9.52 Å². The van der Waals surface area contributed by atoms with Crippen LogP contribution in [0.15, 0.2) is 83.8 Å². The number of para-hydroxylation sites is 1. The average Bonchev–Trinajstić information content (AvgIpc) is 2.72. The van der Waals surface area contributed by atoms with E-state index in [0.717, 1.165) is 5.56 Å². The number of esters is 1. The maximum absolute atomic E-state index is 12.4. The van der Waals surface area contributed by atoms with Crippen molar-refractivity contribution < 1.29 is 22.7 Å². The summed E-state index contributed by atoms with van der Waals surface area (Å²) < 4.78 is 32.3. The Kier molecular flexibility index (Phi) is 6.48. The second kappa shape index (κ2) is 9.23. The summed E-state index contributed by atoms with van der Waals surface area (Å²) in [4.78, 5) is 24.1. The molecule has 3 rings (SSSR count). The van der Waals surface area contributed by atoms with Crippen LogP contribution in [0.2, 0.25) is 0 Å². The number of rotatable bonds is 7. The first-order valence-corrected chi connectivity index (χ1v) is 10.5. The molecule has 0 radical (unpaired) electrons. The van der Waals surface area contributed by atoms with Gasteiger partial charge in [0.25, 0.3) is 15.9 Å². The van der Waals surface area contributed by atoms with Crippen LogP contribution in [0.5, 0.6) is 0 Å². The molecule has 8 heteroatoms. The van der Waals surface area contributed by atoms with Crippen molar-refractivity contribution in [2.24, 2.45) is 0 Å². The van der Waals surface area contributed by atoms with Gasteiger partial charge in [0, 0.05) is 11.4 Å². The van der Waals surface area contributed by atoms with Crippen molar-refractivity contribution in [3.8, 4) is 0 Å². The molecule has 154 valence electrons. The molecule has 7 nitrogen and oxygen atoms in total. The fourth-order valence-corrected chi connectivity index (χ4v) is 3.68. The van der Waals surface area contributed by atoms with Crippen molar-refractivity contribution in [1.82, 2.24) is 0 Å². The molecule has 0 saturated heterocycles. The minimum Gasteiger partial charge on any atom is -0.452 e. The zero-order valence-corrected chi connectivity index (χ0v) is 17.0. The molecule has 1 amide bonds. The van der Waals surface area contributed by atoms with E-state index >= 15 is 0 Å². The molecular weight excluding hydrogens is 404 g/mol. The molecular formula is C22H20N2O5S. The van der Waals surface area contributed by atoms with Gasteiger partial charge >= 0.3 is 5.97 Å². The van der Waals surface area contributed by atoms with Crippen LogP contribution in [0.1, 0.15) is 15.9 Å². The predicted octanol–water partition coefficient (Wildman–Crippen LogP) is 3.59. The van der Waals surface area contributed by atoms with Gasteiger partial charge < -0.3 is 10.1 Å². The van der Waals surface area contributed by atoms with Crippen LogP contribution in [-0.2, 0) is 19.6 Å². The van der Waals surface area contributed by atoms with E-state index in [0.29, 0.717) is 11.4 Å². The first-order chi connectivity index (χ1) is 14.3. The summed E-state index contributed by atoms with van der Waals surface area (Å²) in [5, 5.41) is 2.64. The number of amides is 1. The molecule has 2 N–H and O–H groups in total. The van der Waals surface area contributed by atoms with Gasteiger partial charge in [-0.05, 0) is 61.0 Å². The molecule has 0 aliphatic rings. The molecule has 0 aliphatic heterocycles. The molecule has 0 bridgehead atoms. The van der Waals surface area contributed by atoms with E-state index in [1.165, 1.54) is 24.3 Å². The van der Waals surface area contributed by atoms with Gasteiger partial charge in [0.15, 0.2) is 6.61 Å². The van der Waals surface area contributed by atoms with Crippen molar-refractivity contribution in [3.63, 3.8) is 0 Å². The van der Waals surface area contributed by atoms with E-state index in [2.05, 4.69) is 10.0 Å². The number of hydrogen-bond donors (Lipinski definition) is 2. The highest BCUT2D eigenvalue weighted by Crippen LogP contribution is 2.17. The second-order valence-electron chi connectivity index (χ2n) is 6.49. The third kappa shape index (κ3) is 5.68. The third-order valence-electron chi connectivity index (χ3n) is 4.06. The molecule has 0 unspecified atom stereocenters. The first kappa shape index (κ1) is 21.1. The maximum Gasteiger partial charge on any atom is 0.338 e. The quantitative estimate of drug-likeness (QED) is 0.565. The number of carbonyl (C=O) groups excluding carboxylic acids is 2. The molecule has 0 saturated carbocycles. The lowest BCUT2D eigenvalue weighted by Gasteiger charge is -2.09. The van der Waals surface area contributed by atoms with Gasteiger partial charge in [0.1, 0.15) is 0 Å². The topological polar surface area (TPSA) is 102 Å². The number of benzene rings is 3. The number of anilines is 2. The van der Waals surface area contributed by atoms with Crippen molar-refractivity contribution in [1.29, 1.82) is 0 Å². The fourth-order valence-electron chi connectivity index (χ4n) is 2.62. The minimum atomic E-state index is -3.79. The molecule has 0 aromatic heterocycles. The Morgan fingerprint density at radius 2 is 1.53 bits per heavy atom. The summed E-state index contributed by atoms with van der Waals surface area (Å²) in [6.45, 7) is 1.44. The van der Waals surface area contributed by atoms with E-state index in [9.17, 15) is 18.0 Å². The van der Waals surface area contributed by atoms with Gasteiger partial charge in [-0.2, -0.15) is 0 Å². The highest BCUT2D eigenvalue weighted by molar-refractivity contribution is 7.92. The molecule has 0 heterocycles. The summed E-state index contributed by atoms with van der Waals surface area (Å²) in [6.07, 6.45) is 0.